The molecule has 1 aromatic carbocycles. The Morgan fingerprint density at radius 2 is 2.27 bits per heavy atom. The number of hydrazine groups is 1. The fourth-order valence-electron chi connectivity index (χ4n) is 1.86. The lowest BCUT2D eigenvalue weighted by Crippen LogP contribution is -2.25. The second kappa shape index (κ2) is 3.64. The molecule has 2 rings (SSSR count). The van der Waals surface area contributed by atoms with E-state index in [1.807, 2.05) is 25.1 Å². The highest BCUT2D eigenvalue weighted by atomic mass is 16.2. The Morgan fingerprint density at radius 1 is 1.53 bits per heavy atom. The molecule has 1 heterocycles. The van der Waals surface area contributed by atoms with Gasteiger partial charge in [0.05, 0.1) is 6.42 Å². The molecule has 80 valence electrons. The second-order valence-electron chi connectivity index (χ2n) is 3.91. The van der Waals surface area contributed by atoms with Gasteiger partial charge in [-0.15, -0.1) is 0 Å². The Kier molecular flexibility index (Phi) is 2.46. The molecule has 0 bridgehead atoms. The standard InChI is InChI=1S/C11H15N3O/c1-7(13-12)8-3-4-10-9(5-8)6-11(15)14(10)2/h3-5,7,13H,6,12H2,1-2H3. The molecule has 1 aromatic rings. The number of benzene rings is 1. The van der Waals surface area contributed by atoms with Crippen LogP contribution in [0.2, 0.25) is 0 Å². The summed E-state index contributed by atoms with van der Waals surface area (Å²) in [6.45, 7) is 1.99. The third-order valence-electron chi connectivity index (χ3n) is 2.93. The quantitative estimate of drug-likeness (QED) is 0.553. The Labute approximate surface area is 89.0 Å². The molecule has 4 nitrogen and oxygen atoms in total. The van der Waals surface area contributed by atoms with Crippen LogP contribution in [0.5, 0.6) is 0 Å². The number of hydrogen-bond donors (Lipinski definition) is 2. The first-order valence-electron chi connectivity index (χ1n) is 4.99. The van der Waals surface area contributed by atoms with Crippen molar-refractivity contribution in [2.45, 2.75) is 19.4 Å². The Hall–Kier alpha value is -1.39. The minimum Gasteiger partial charge on any atom is -0.315 e. The molecule has 0 spiro atoms. The minimum atomic E-state index is 0.108. The van der Waals surface area contributed by atoms with Crippen LogP contribution in [-0.2, 0) is 11.2 Å². The van der Waals surface area contributed by atoms with E-state index in [2.05, 4.69) is 5.43 Å². The first-order chi connectivity index (χ1) is 7.13. The summed E-state index contributed by atoms with van der Waals surface area (Å²) < 4.78 is 0. The van der Waals surface area contributed by atoms with E-state index < -0.39 is 0 Å². The Morgan fingerprint density at radius 3 is 2.93 bits per heavy atom. The zero-order valence-electron chi connectivity index (χ0n) is 8.95. The van der Waals surface area contributed by atoms with Crippen molar-refractivity contribution in [2.75, 3.05) is 11.9 Å². The normalized spacial score (nSPS) is 16.7. The molecule has 0 fully saturated rings. The van der Waals surface area contributed by atoms with E-state index in [0.717, 1.165) is 16.8 Å². The summed E-state index contributed by atoms with van der Waals surface area (Å²) in [6, 6.07) is 6.12. The number of rotatable bonds is 2. The van der Waals surface area contributed by atoms with Crippen molar-refractivity contribution in [3.63, 3.8) is 0 Å². The van der Waals surface area contributed by atoms with Gasteiger partial charge in [-0.25, -0.2) is 0 Å². The number of fused-ring (bicyclic) bond motifs is 1. The molecule has 0 saturated heterocycles. The van der Waals surface area contributed by atoms with Crippen molar-refractivity contribution >= 4 is 11.6 Å². The number of amides is 1. The topological polar surface area (TPSA) is 58.4 Å². The van der Waals surface area contributed by atoms with Gasteiger partial charge in [-0.1, -0.05) is 12.1 Å². The van der Waals surface area contributed by atoms with Crippen LogP contribution in [0.25, 0.3) is 0 Å². The molecule has 0 aromatic heterocycles. The van der Waals surface area contributed by atoms with Gasteiger partial charge in [0.2, 0.25) is 5.91 Å². The highest BCUT2D eigenvalue weighted by molar-refractivity contribution is 6.00. The van der Waals surface area contributed by atoms with Crippen molar-refractivity contribution < 1.29 is 4.79 Å². The van der Waals surface area contributed by atoms with Crippen molar-refractivity contribution in [1.82, 2.24) is 5.43 Å². The predicted molar refractivity (Wildman–Crippen MR) is 59.3 cm³/mol. The summed E-state index contributed by atoms with van der Waals surface area (Å²) in [5.74, 6) is 5.53. The minimum absolute atomic E-state index is 0.108. The molecule has 1 aliphatic rings. The van der Waals surface area contributed by atoms with E-state index in [1.54, 1.807) is 11.9 Å². The average molecular weight is 205 g/mol. The molecular weight excluding hydrogens is 190 g/mol. The molecule has 0 radical (unpaired) electrons. The lowest BCUT2D eigenvalue weighted by molar-refractivity contribution is -0.117. The smallest absolute Gasteiger partial charge is 0.231 e. The Balaban J connectivity index is 2.37. The van der Waals surface area contributed by atoms with Gasteiger partial charge in [-0.05, 0) is 24.1 Å². The summed E-state index contributed by atoms with van der Waals surface area (Å²) in [5, 5.41) is 0. The molecule has 4 heteroatoms. The fourth-order valence-corrected chi connectivity index (χ4v) is 1.86. The monoisotopic (exact) mass is 205 g/mol. The van der Waals surface area contributed by atoms with Crippen LogP contribution in [0.15, 0.2) is 18.2 Å². The highest BCUT2D eigenvalue weighted by Crippen LogP contribution is 2.29. The van der Waals surface area contributed by atoms with E-state index in [0.29, 0.717) is 6.42 Å². The summed E-state index contributed by atoms with van der Waals surface area (Å²) in [7, 11) is 1.80. The van der Waals surface area contributed by atoms with E-state index in [9.17, 15) is 4.79 Å². The van der Waals surface area contributed by atoms with E-state index in [1.165, 1.54) is 0 Å². The molecular formula is C11H15N3O. The van der Waals surface area contributed by atoms with Crippen molar-refractivity contribution in [1.29, 1.82) is 0 Å². The maximum atomic E-state index is 11.5. The SMILES string of the molecule is CC(NN)c1ccc2c(c1)CC(=O)N2C. The van der Waals surface area contributed by atoms with E-state index in [-0.39, 0.29) is 11.9 Å². The summed E-state index contributed by atoms with van der Waals surface area (Å²) >= 11 is 0. The largest absolute Gasteiger partial charge is 0.315 e. The lowest BCUT2D eigenvalue weighted by atomic mass is 10.0. The first kappa shape index (κ1) is 10.1. The third-order valence-corrected chi connectivity index (χ3v) is 2.93. The molecule has 1 unspecified atom stereocenters. The predicted octanol–water partition coefficient (Wildman–Crippen LogP) is 0.730. The van der Waals surface area contributed by atoms with Crippen LogP contribution in [0.3, 0.4) is 0 Å². The van der Waals surface area contributed by atoms with Crippen LogP contribution >= 0.6 is 0 Å². The van der Waals surface area contributed by atoms with Gasteiger partial charge in [0.1, 0.15) is 0 Å². The van der Waals surface area contributed by atoms with E-state index >= 15 is 0 Å². The van der Waals surface area contributed by atoms with Crippen LogP contribution < -0.4 is 16.2 Å². The molecule has 0 aliphatic carbocycles. The van der Waals surface area contributed by atoms with Crippen LogP contribution in [0.4, 0.5) is 5.69 Å². The van der Waals surface area contributed by atoms with E-state index in [4.69, 9.17) is 5.84 Å². The third kappa shape index (κ3) is 1.62. The number of likely N-dealkylation sites (N-methyl/N-ethyl adjacent to an activating group) is 1. The molecule has 1 aliphatic heterocycles. The van der Waals surface area contributed by atoms with Crippen LogP contribution in [0, 0.1) is 0 Å². The number of nitrogens with two attached hydrogens (primary N) is 1. The maximum Gasteiger partial charge on any atom is 0.231 e. The van der Waals surface area contributed by atoms with Crippen LogP contribution in [-0.4, -0.2) is 13.0 Å². The van der Waals surface area contributed by atoms with Gasteiger partial charge in [0.15, 0.2) is 0 Å². The zero-order chi connectivity index (χ0) is 11.0. The number of nitrogens with one attached hydrogen (secondary N) is 1. The lowest BCUT2D eigenvalue weighted by Gasteiger charge is -2.13. The van der Waals surface area contributed by atoms with Crippen molar-refractivity contribution in [3.8, 4) is 0 Å². The first-order valence-corrected chi connectivity index (χ1v) is 4.99. The maximum absolute atomic E-state index is 11.5. The van der Waals surface area contributed by atoms with Crippen molar-refractivity contribution in [3.05, 3.63) is 29.3 Å². The van der Waals surface area contributed by atoms with Gasteiger partial charge in [-0.3, -0.25) is 16.1 Å². The number of anilines is 1. The van der Waals surface area contributed by atoms with Gasteiger partial charge in [0.25, 0.3) is 0 Å². The fraction of sp³-hybridized carbons (Fsp3) is 0.364. The highest BCUT2D eigenvalue weighted by Gasteiger charge is 2.24. The zero-order valence-corrected chi connectivity index (χ0v) is 8.95. The van der Waals surface area contributed by atoms with Gasteiger partial charge in [-0.2, -0.15) is 0 Å². The molecule has 1 amide bonds. The number of hydrogen-bond acceptors (Lipinski definition) is 3. The molecule has 1 atom stereocenters. The second-order valence-corrected chi connectivity index (χ2v) is 3.91. The Bertz CT molecular complexity index is 403. The van der Waals surface area contributed by atoms with Crippen molar-refractivity contribution in [2.24, 2.45) is 5.84 Å². The number of carbonyl (C=O) groups excluding carboxylic acids is 1. The molecule has 3 N–H and O–H groups in total. The summed E-state index contributed by atoms with van der Waals surface area (Å²) in [4.78, 5) is 13.2. The van der Waals surface area contributed by atoms with Crippen LogP contribution in [0.1, 0.15) is 24.1 Å². The molecule has 0 saturated carbocycles. The van der Waals surface area contributed by atoms with Gasteiger partial charge in [0, 0.05) is 18.8 Å². The summed E-state index contributed by atoms with van der Waals surface area (Å²) in [6.07, 6.45) is 0.497. The number of carbonyl (C=O) groups is 1. The number of nitrogens with zero attached hydrogens (tertiary/aromatic N) is 1. The molecule has 15 heavy (non-hydrogen) atoms. The van der Waals surface area contributed by atoms with Gasteiger partial charge < -0.3 is 4.90 Å². The van der Waals surface area contributed by atoms with Gasteiger partial charge >= 0.3 is 0 Å². The summed E-state index contributed by atoms with van der Waals surface area (Å²) in [5.41, 5.74) is 5.90. The average Bonchev–Trinajstić information content (AvgIpc) is 2.53.